The summed E-state index contributed by atoms with van der Waals surface area (Å²) in [6, 6.07) is 0.421. The number of likely N-dealkylation sites (N-methyl/N-ethyl adjacent to an activating group) is 1. The average molecular weight is 187 g/mol. The van der Waals surface area contributed by atoms with Gasteiger partial charge in [-0.15, -0.1) is 0 Å². The van der Waals surface area contributed by atoms with Crippen LogP contribution in [-0.4, -0.2) is 50.5 Å². The molecule has 0 aliphatic carbocycles. The highest BCUT2D eigenvalue weighted by molar-refractivity contribution is 4.90. The van der Waals surface area contributed by atoms with Crippen LogP contribution in [0.2, 0.25) is 0 Å². The fourth-order valence-corrected chi connectivity index (χ4v) is 2.21. The summed E-state index contributed by atoms with van der Waals surface area (Å²) >= 11 is 0. The number of methoxy groups -OCH3 is 1. The van der Waals surface area contributed by atoms with Crippen molar-refractivity contribution in [2.24, 2.45) is 0 Å². The Balaban J connectivity index is 2.52. The Morgan fingerprint density at radius 3 is 2.77 bits per heavy atom. The second-order valence-corrected chi connectivity index (χ2v) is 3.69. The summed E-state index contributed by atoms with van der Waals surface area (Å²) in [6.45, 7) is 6.05. The molecule has 0 aromatic carbocycles. The van der Waals surface area contributed by atoms with Gasteiger partial charge in [0.25, 0.3) is 0 Å². The van der Waals surface area contributed by atoms with Gasteiger partial charge < -0.3 is 9.47 Å². The van der Waals surface area contributed by atoms with E-state index in [0.717, 1.165) is 19.6 Å². The summed E-state index contributed by atoms with van der Waals surface area (Å²) < 4.78 is 11.0. The lowest BCUT2D eigenvalue weighted by atomic mass is 10.1. The Kier molecular flexibility index (Phi) is 4.16. The molecule has 0 radical (unpaired) electrons. The van der Waals surface area contributed by atoms with Gasteiger partial charge in [0.05, 0.1) is 18.2 Å². The maximum Gasteiger partial charge on any atom is 0.0763 e. The Morgan fingerprint density at radius 2 is 2.23 bits per heavy atom. The minimum atomic E-state index is 0.266. The van der Waals surface area contributed by atoms with Crippen LogP contribution >= 0.6 is 0 Å². The smallest absolute Gasteiger partial charge is 0.0763 e. The third-order valence-electron chi connectivity index (χ3n) is 2.87. The highest BCUT2D eigenvalue weighted by Crippen LogP contribution is 2.22. The molecule has 13 heavy (non-hydrogen) atoms. The number of ether oxygens (including phenoxy) is 2. The molecule has 1 saturated heterocycles. The van der Waals surface area contributed by atoms with Crippen molar-refractivity contribution in [3.05, 3.63) is 0 Å². The molecular weight excluding hydrogens is 166 g/mol. The van der Waals surface area contributed by atoms with E-state index in [1.807, 2.05) is 6.92 Å². The van der Waals surface area contributed by atoms with Gasteiger partial charge in [-0.25, -0.2) is 0 Å². The van der Waals surface area contributed by atoms with Gasteiger partial charge >= 0.3 is 0 Å². The van der Waals surface area contributed by atoms with Gasteiger partial charge in [0.2, 0.25) is 0 Å². The first-order valence-electron chi connectivity index (χ1n) is 5.05. The van der Waals surface area contributed by atoms with E-state index in [4.69, 9.17) is 9.47 Å². The first kappa shape index (κ1) is 11.0. The maximum atomic E-state index is 5.61. The number of hydrogen-bond acceptors (Lipinski definition) is 3. The lowest BCUT2D eigenvalue weighted by Crippen LogP contribution is -2.43. The molecule has 0 saturated carbocycles. The molecule has 0 aromatic heterocycles. The van der Waals surface area contributed by atoms with E-state index in [1.54, 1.807) is 7.11 Å². The van der Waals surface area contributed by atoms with Gasteiger partial charge in [-0.1, -0.05) is 0 Å². The fraction of sp³-hybridized carbons (Fsp3) is 1.00. The van der Waals surface area contributed by atoms with Gasteiger partial charge in [0, 0.05) is 20.3 Å². The van der Waals surface area contributed by atoms with Crippen molar-refractivity contribution in [2.45, 2.75) is 38.5 Å². The summed E-state index contributed by atoms with van der Waals surface area (Å²) in [6.07, 6.45) is 1.73. The van der Waals surface area contributed by atoms with Crippen LogP contribution in [0.5, 0.6) is 0 Å². The number of hydrogen-bond donors (Lipinski definition) is 0. The number of rotatable bonds is 4. The molecule has 0 bridgehead atoms. The van der Waals surface area contributed by atoms with E-state index in [2.05, 4.69) is 18.9 Å². The quantitative estimate of drug-likeness (QED) is 0.658. The predicted molar refractivity (Wildman–Crippen MR) is 52.9 cm³/mol. The molecule has 3 atom stereocenters. The molecule has 1 fully saturated rings. The largest absolute Gasteiger partial charge is 0.380 e. The van der Waals surface area contributed by atoms with E-state index in [1.165, 1.54) is 0 Å². The van der Waals surface area contributed by atoms with Gasteiger partial charge in [0.1, 0.15) is 0 Å². The molecule has 1 rings (SSSR count). The van der Waals surface area contributed by atoms with E-state index < -0.39 is 0 Å². The Hall–Kier alpha value is -0.120. The number of nitrogens with zero attached hydrogens (tertiary/aromatic N) is 1. The normalized spacial score (nSPS) is 32.3. The van der Waals surface area contributed by atoms with Gasteiger partial charge in [-0.2, -0.15) is 0 Å². The molecule has 1 heterocycles. The van der Waals surface area contributed by atoms with Crippen LogP contribution in [0.15, 0.2) is 0 Å². The van der Waals surface area contributed by atoms with Gasteiger partial charge in [-0.3, -0.25) is 4.90 Å². The van der Waals surface area contributed by atoms with Gasteiger partial charge in [0.15, 0.2) is 0 Å². The molecule has 1 aliphatic rings. The molecule has 0 aromatic rings. The highest BCUT2D eigenvalue weighted by atomic mass is 16.5. The summed E-state index contributed by atoms with van der Waals surface area (Å²) in [5, 5.41) is 0. The fourth-order valence-electron chi connectivity index (χ4n) is 2.21. The predicted octanol–water partition coefficient (Wildman–Crippen LogP) is 1.13. The van der Waals surface area contributed by atoms with E-state index >= 15 is 0 Å². The summed E-state index contributed by atoms with van der Waals surface area (Å²) in [5.41, 5.74) is 0. The van der Waals surface area contributed by atoms with Crippen molar-refractivity contribution in [1.82, 2.24) is 4.90 Å². The van der Waals surface area contributed by atoms with Crippen LogP contribution in [0, 0.1) is 0 Å². The second-order valence-electron chi connectivity index (χ2n) is 3.69. The van der Waals surface area contributed by atoms with Crippen LogP contribution in [0.25, 0.3) is 0 Å². The molecule has 3 nitrogen and oxygen atoms in total. The third-order valence-corrected chi connectivity index (χ3v) is 2.87. The first-order valence-corrected chi connectivity index (χ1v) is 5.05. The minimum Gasteiger partial charge on any atom is -0.380 e. The molecule has 3 heteroatoms. The van der Waals surface area contributed by atoms with Crippen molar-refractivity contribution in [3.63, 3.8) is 0 Å². The molecule has 0 unspecified atom stereocenters. The lowest BCUT2D eigenvalue weighted by molar-refractivity contribution is -0.0273. The van der Waals surface area contributed by atoms with E-state index in [9.17, 15) is 0 Å². The van der Waals surface area contributed by atoms with Gasteiger partial charge in [-0.05, 0) is 27.3 Å². The SMILES string of the molecule is CCO[C@@H](C)[C@@H]1[C@@H](OC)CCN1C. The molecule has 78 valence electrons. The van der Waals surface area contributed by atoms with E-state index in [0.29, 0.717) is 12.1 Å². The van der Waals surface area contributed by atoms with Crippen LogP contribution in [0.4, 0.5) is 0 Å². The summed E-state index contributed by atoms with van der Waals surface area (Å²) in [5.74, 6) is 0. The molecular formula is C10H21NO2. The zero-order valence-corrected chi connectivity index (χ0v) is 9.12. The third kappa shape index (κ3) is 2.42. The Labute approximate surface area is 81.0 Å². The molecule has 1 aliphatic heterocycles. The monoisotopic (exact) mass is 187 g/mol. The van der Waals surface area contributed by atoms with Crippen molar-refractivity contribution < 1.29 is 9.47 Å². The number of likely N-dealkylation sites (tertiary alicyclic amines) is 1. The molecule has 0 amide bonds. The summed E-state index contributed by atoms with van der Waals surface area (Å²) in [4.78, 5) is 2.33. The van der Waals surface area contributed by atoms with Crippen LogP contribution in [0.3, 0.4) is 0 Å². The minimum absolute atomic E-state index is 0.266. The van der Waals surface area contributed by atoms with Crippen molar-refractivity contribution in [3.8, 4) is 0 Å². The van der Waals surface area contributed by atoms with Crippen molar-refractivity contribution >= 4 is 0 Å². The Morgan fingerprint density at radius 1 is 1.54 bits per heavy atom. The van der Waals surface area contributed by atoms with Crippen molar-refractivity contribution in [1.29, 1.82) is 0 Å². The zero-order chi connectivity index (χ0) is 9.84. The topological polar surface area (TPSA) is 21.7 Å². The summed E-state index contributed by atoms with van der Waals surface area (Å²) in [7, 11) is 3.93. The van der Waals surface area contributed by atoms with Crippen LogP contribution in [-0.2, 0) is 9.47 Å². The molecule has 0 spiro atoms. The second kappa shape index (κ2) is 4.94. The van der Waals surface area contributed by atoms with Crippen LogP contribution in [0.1, 0.15) is 20.3 Å². The standard InChI is InChI=1S/C10H21NO2/c1-5-13-8(2)10-9(12-4)6-7-11(10)3/h8-10H,5-7H2,1-4H3/t8-,9-,10+/m0/s1. The Bertz CT molecular complexity index is 152. The average Bonchev–Trinajstić information content (AvgIpc) is 2.47. The zero-order valence-electron chi connectivity index (χ0n) is 9.12. The maximum absolute atomic E-state index is 5.61. The first-order chi connectivity index (χ1) is 6.20. The lowest BCUT2D eigenvalue weighted by Gasteiger charge is -2.29. The molecule has 0 N–H and O–H groups in total. The van der Waals surface area contributed by atoms with Crippen LogP contribution < -0.4 is 0 Å². The van der Waals surface area contributed by atoms with E-state index in [-0.39, 0.29) is 6.10 Å². The van der Waals surface area contributed by atoms with Crippen molar-refractivity contribution in [2.75, 3.05) is 27.3 Å². The highest BCUT2D eigenvalue weighted by Gasteiger charge is 2.36.